The number of likely N-dealkylation sites (tertiary alicyclic amines) is 1. The van der Waals surface area contributed by atoms with E-state index in [0.717, 1.165) is 6.42 Å². The molecular weight excluding hydrogens is 522 g/mol. The van der Waals surface area contributed by atoms with Crippen molar-refractivity contribution >= 4 is 17.9 Å². The molecular formula is C30H43F2N2O6+. The normalized spacial score (nSPS) is 27.1. The van der Waals surface area contributed by atoms with Gasteiger partial charge in [-0.25, -0.2) is 0 Å². The number of carbonyl (C=O) groups is 1. The minimum Gasteiger partial charge on any atom is -0.493 e. The van der Waals surface area contributed by atoms with Crippen LogP contribution in [0.5, 0.6) is 17.2 Å². The highest BCUT2D eigenvalue weighted by Gasteiger charge is 2.63. The van der Waals surface area contributed by atoms with E-state index in [0.29, 0.717) is 42.5 Å². The van der Waals surface area contributed by atoms with Crippen LogP contribution >= 0.6 is 0 Å². The highest BCUT2D eigenvalue weighted by molar-refractivity contribution is 5.93. The second-order valence-electron chi connectivity index (χ2n) is 13.3. The van der Waals surface area contributed by atoms with Gasteiger partial charge in [-0.1, -0.05) is 32.4 Å². The monoisotopic (exact) mass is 565 g/mol. The zero-order valence-corrected chi connectivity index (χ0v) is 24.7. The Morgan fingerprint density at radius 1 is 1.10 bits per heavy atom. The Morgan fingerprint density at radius 2 is 1.75 bits per heavy atom. The fourth-order valence-corrected chi connectivity index (χ4v) is 6.97. The van der Waals surface area contributed by atoms with Gasteiger partial charge < -0.3 is 24.1 Å². The Hall–Kier alpha value is -2.68. The summed E-state index contributed by atoms with van der Waals surface area (Å²) in [4.78, 5) is 14.8. The first-order valence-electron chi connectivity index (χ1n) is 13.9. The Labute approximate surface area is 235 Å². The van der Waals surface area contributed by atoms with E-state index in [1.54, 1.807) is 43.5 Å². The zero-order chi connectivity index (χ0) is 29.6. The molecule has 2 unspecified atom stereocenters. The second-order valence-corrected chi connectivity index (χ2v) is 13.3. The molecule has 1 N–H and O–H groups in total. The van der Waals surface area contributed by atoms with Gasteiger partial charge in [0.05, 0.1) is 20.8 Å². The quantitative estimate of drug-likeness (QED) is 0.428. The molecule has 10 heteroatoms. The fraction of sp³-hybridized carbons (Fsp3) is 0.700. The zero-order valence-electron chi connectivity index (χ0n) is 24.7. The van der Waals surface area contributed by atoms with Crippen LogP contribution in [0.3, 0.4) is 0 Å². The van der Waals surface area contributed by atoms with Gasteiger partial charge in [-0.05, 0) is 68.5 Å². The molecule has 0 amide bonds. The van der Waals surface area contributed by atoms with Crippen molar-refractivity contribution < 1.29 is 37.6 Å². The SMILES string of the molecule is COc1ccc(OCC2(C)C=[N+]=C(C3CCCN3CC(=O)C(F)(F)C3(O)CC(C)(C)CC(C)(C)C3)O2)cc1OC. The lowest BCUT2D eigenvalue weighted by Gasteiger charge is -2.51. The van der Waals surface area contributed by atoms with Gasteiger partial charge in [0.25, 0.3) is 0 Å². The van der Waals surface area contributed by atoms with Gasteiger partial charge in [0, 0.05) is 6.07 Å². The molecule has 8 nitrogen and oxygen atoms in total. The third-order valence-corrected chi connectivity index (χ3v) is 8.11. The Bertz CT molecular complexity index is 1180. The van der Waals surface area contributed by atoms with E-state index in [1.165, 1.54) is 0 Å². The van der Waals surface area contributed by atoms with E-state index in [-0.39, 0.29) is 19.4 Å². The molecule has 2 heterocycles. The molecule has 2 aliphatic heterocycles. The van der Waals surface area contributed by atoms with Gasteiger partial charge >= 0.3 is 18.0 Å². The smallest absolute Gasteiger partial charge is 0.480 e. The van der Waals surface area contributed by atoms with E-state index in [4.69, 9.17) is 18.9 Å². The minimum absolute atomic E-state index is 0.130. The van der Waals surface area contributed by atoms with Gasteiger partial charge in [0.1, 0.15) is 18.0 Å². The molecule has 1 saturated carbocycles. The summed E-state index contributed by atoms with van der Waals surface area (Å²) in [6.07, 6.45) is 3.43. The summed E-state index contributed by atoms with van der Waals surface area (Å²) in [5, 5.41) is 11.2. The minimum atomic E-state index is -3.87. The molecule has 0 spiro atoms. The first-order valence-corrected chi connectivity index (χ1v) is 13.9. The number of alkyl halides is 2. The predicted molar refractivity (Wildman–Crippen MR) is 149 cm³/mol. The maximum Gasteiger partial charge on any atom is 0.480 e. The molecule has 3 aliphatic rings. The number of rotatable bonds is 10. The standard InChI is InChI=1S/C30H43F2N2O6/c1-26(2)15-27(3,4)17-29(36,16-26)30(31,32)24(35)14-34-12-8-9-21(34)25-33-18-28(5,40-25)19-39-20-10-11-22(37-6)23(13-20)38-7/h10-11,13,18,21,36H,8-9,12,14-17,19H2,1-7H3/q+1. The summed E-state index contributed by atoms with van der Waals surface area (Å²) < 4.78 is 58.5. The van der Waals surface area contributed by atoms with E-state index in [2.05, 4.69) is 4.67 Å². The summed E-state index contributed by atoms with van der Waals surface area (Å²) in [5.41, 5.74) is -4.29. The number of ketones is 1. The van der Waals surface area contributed by atoms with Crippen LogP contribution in [0.2, 0.25) is 0 Å². The molecule has 1 aliphatic carbocycles. The van der Waals surface area contributed by atoms with Crippen molar-refractivity contribution in [1.82, 2.24) is 9.57 Å². The summed E-state index contributed by atoms with van der Waals surface area (Å²) >= 11 is 0. The van der Waals surface area contributed by atoms with Crippen molar-refractivity contribution in [3.8, 4) is 17.2 Å². The van der Waals surface area contributed by atoms with Crippen molar-refractivity contribution in [3.05, 3.63) is 18.2 Å². The van der Waals surface area contributed by atoms with Crippen LogP contribution in [0, 0.1) is 10.8 Å². The maximum atomic E-state index is 15.7. The number of nitrogens with zero attached hydrogens (tertiary/aromatic N) is 2. The number of Topliss-reactive ketones (excluding diaryl/α,β-unsaturated/α-hetero) is 1. The molecule has 40 heavy (non-hydrogen) atoms. The van der Waals surface area contributed by atoms with Crippen molar-refractivity contribution in [3.63, 3.8) is 0 Å². The number of benzene rings is 1. The summed E-state index contributed by atoms with van der Waals surface area (Å²) in [6.45, 7) is 9.43. The molecule has 2 fully saturated rings. The Balaban J connectivity index is 1.39. The van der Waals surface area contributed by atoms with Gasteiger partial charge in [0.2, 0.25) is 11.4 Å². The average Bonchev–Trinajstić information content (AvgIpc) is 3.46. The number of carbonyl (C=O) groups excluding carboxylic acids is 1. The van der Waals surface area contributed by atoms with Gasteiger partial charge in [-0.2, -0.15) is 8.78 Å². The molecule has 1 saturated heterocycles. The number of hydrogen-bond acceptors (Lipinski definition) is 7. The Morgan fingerprint density at radius 3 is 2.38 bits per heavy atom. The maximum absolute atomic E-state index is 15.7. The first kappa shape index (κ1) is 30.3. The number of ether oxygens (including phenoxy) is 4. The largest absolute Gasteiger partial charge is 0.493 e. The number of hydrogen-bond donors (Lipinski definition) is 1. The summed E-state index contributed by atoms with van der Waals surface area (Å²) in [7, 11) is 3.10. The first-order chi connectivity index (χ1) is 18.5. The highest BCUT2D eigenvalue weighted by atomic mass is 19.3. The molecule has 4 rings (SSSR count). The van der Waals surface area contributed by atoms with E-state index in [9.17, 15) is 9.90 Å². The topological polar surface area (TPSA) is 91.6 Å². The fourth-order valence-electron chi connectivity index (χ4n) is 6.97. The lowest BCUT2D eigenvalue weighted by atomic mass is 9.58. The second kappa shape index (κ2) is 10.6. The van der Waals surface area contributed by atoms with Crippen molar-refractivity contribution in [2.24, 2.45) is 10.8 Å². The average molecular weight is 566 g/mol. The van der Waals surface area contributed by atoms with Gasteiger partial charge in [-0.3, -0.25) is 9.69 Å². The molecule has 2 atom stereocenters. The predicted octanol–water partition coefficient (Wildman–Crippen LogP) is 4.04. The van der Waals surface area contributed by atoms with Crippen LogP contribution in [0.15, 0.2) is 18.2 Å². The third-order valence-electron chi connectivity index (χ3n) is 8.11. The molecule has 0 aromatic heterocycles. The molecule has 1 aromatic rings. The van der Waals surface area contributed by atoms with Crippen LogP contribution in [0.1, 0.15) is 66.7 Å². The van der Waals surface area contributed by atoms with E-state index < -0.39 is 46.3 Å². The lowest BCUT2D eigenvalue weighted by Crippen LogP contribution is -2.61. The van der Waals surface area contributed by atoms with Crippen LogP contribution in [-0.2, 0) is 9.53 Å². The van der Waals surface area contributed by atoms with Gasteiger partial charge in [0.15, 0.2) is 17.5 Å². The summed E-state index contributed by atoms with van der Waals surface area (Å²) in [5.74, 6) is -3.08. The van der Waals surface area contributed by atoms with Crippen molar-refractivity contribution in [2.75, 3.05) is 33.9 Å². The highest BCUT2D eigenvalue weighted by Crippen LogP contribution is 2.55. The molecule has 0 bridgehead atoms. The Kier molecular flexibility index (Phi) is 8.04. The summed E-state index contributed by atoms with van der Waals surface area (Å²) in [6, 6.07) is 4.81. The molecule has 1 aromatic carbocycles. The van der Waals surface area contributed by atoms with E-state index in [1.807, 2.05) is 34.6 Å². The number of methoxy groups -OCH3 is 2. The van der Waals surface area contributed by atoms with E-state index >= 15 is 8.78 Å². The van der Waals surface area contributed by atoms with Crippen LogP contribution < -0.4 is 18.9 Å². The molecule has 222 valence electrons. The van der Waals surface area contributed by atoms with Crippen molar-refractivity contribution in [2.45, 2.75) is 89.9 Å². The van der Waals surface area contributed by atoms with Crippen LogP contribution in [-0.4, -0.2) is 85.0 Å². The van der Waals surface area contributed by atoms with Crippen LogP contribution in [0.4, 0.5) is 8.78 Å². The van der Waals surface area contributed by atoms with Crippen molar-refractivity contribution in [1.29, 1.82) is 0 Å². The third kappa shape index (κ3) is 6.14. The molecule has 0 radical (unpaired) electrons. The van der Waals surface area contributed by atoms with Gasteiger partial charge in [-0.15, -0.1) is 0 Å². The number of halogens is 2. The number of aliphatic hydroxyl groups is 1. The lowest BCUT2D eigenvalue weighted by molar-refractivity contribution is -0.223. The van der Waals surface area contributed by atoms with Crippen LogP contribution in [0.25, 0.3) is 0 Å².